The van der Waals surface area contributed by atoms with Crippen molar-refractivity contribution in [3.8, 4) is 22.6 Å². The van der Waals surface area contributed by atoms with Crippen LogP contribution in [0, 0.1) is 5.41 Å². The smallest absolute Gasteiger partial charge is 0.332 e. The van der Waals surface area contributed by atoms with E-state index in [2.05, 4.69) is 4.98 Å². The fourth-order valence-corrected chi connectivity index (χ4v) is 4.44. The Bertz CT molecular complexity index is 1380. The maximum atomic E-state index is 13.2. The number of aryl methyl sites for hydroxylation is 1. The molecule has 1 aromatic carbocycles. The number of carbonyl (C=O) groups is 1. The van der Waals surface area contributed by atoms with Gasteiger partial charge in [0.2, 0.25) is 6.79 Å². The van der Waals surface area contributed by atoms with Gasteiger partial charge in [0.05, 0.1) is 11.1 Å². The third kappa shape index (κ3) is 2.52. The number of ketones is 1. The predicted octanol–water partition coefficient (Wildman–Crippen LogP) is 2.18. The quantitative estimate of drug-likeness (QED) is 0.614. The van der Waals surface area contributed by atoms with E-state index in [-0.39, 0.29) is 29.0 Å². The van der Waals surface area contributed by atoms with Gasteiger partial charge in [-0.15, -0.1) is 0 Å². The van der Waals surface area contributed by atoms with Gasteiger partial charge in [0.1, 0.15) is 5.65 Å². The highest BCUT2D eigenvalue weighted by molar-refractivity contribution is 6.11. The molecule has 0 amide bonds. The molecule has 0 spiro atoms. The maximum absolute atomic E-state index is 13.2. The molecule has 0 unspecified atom stereocenters. The average Bonchev–Trinajstić information content (AvgIpc) is 3.16. The van der Waals surface area contributed by atoms with Crippen molar-refractivity contribution < 1.29 is 14.3 Å². The largest absolute Gasteiger partial charge is 0.454 e. The molecule has 3 aromatic rings. The highest BCUT2D eigenvalue weighted by Crippen LogP contribution is 2.43. The molecule has 2 aromatic heterocycles. The van der Waals surface area contributed by atoms with Crippen molar-refractivity contribution in [3.63, 3.8) is 0 Å². The molecule has 0 saturated carbocycles. The SMILES string of the molecule is Cn1c(=O)c2c(-c3ccc4c(c3)OCO4)c3c(nc2n(C)c1=O)CC(C)(C)CC3=O. The van der Waals surface area contributed by atoms with E-state index in [1.165, 1.54) is 11.6 Å². The molecule has 1 aliphatic heterocycles. The zero-order valence-electron chi connectivity index (χ0n) is 17.2. The number of pyridine rings is 1. The molecule has 8 nitrogen and oxygen atoms in total. The Kier molecular flexibility index (Phi) is 3.75. The number of ether oxygens (including phenoxy) is 2. The lowest BCUT2D eigenvalue weighted by Gasteiger charge is -2.31. The molecule has 5 rings (SSSR count). The van der Waals surface area contributed by atoms with Crippen LogP contribution in [0.5, 0.6) is 11.5 Å². The average molecular weight is 407 g/mol. The molecular formula is C22H21N3O5. The summed E-state index contributed by atoms with van der Waals surface area (Å²) in [6.45, 7) is 4.16. The molecule has 30 heavy (non-hydrogen) atoms. The Morgan fingerprint density at radius 2 is 1.70 bits per heavy atom. The summed E-state index contributed by atoms with van der Waals surface area (Å²) in [6, 6.07) is 5.34. The zero-order chi connectivity index (χ0) is 21.4. The van der Waals surface area contributed by atoms with Gasteiger partial charge in [-0.05, 0) is 29.5 Å². The van der Waals surface area contributed by atoms with Crippen molar-refractivity contribution >= 4 is 16.8 Å². The van der Waals surface area contributed by atoms with Crippen LogP contribution < -0.4 is 20.7 Å². The molecule has 0 atom stereocenters. The summed E-state index contributed by atoms with van der Waals surface area (Å²) < 4.78 is 13.3. The molecule has 2 aliphatic rings. The lowest BCUT2D eigenvalue weighted by molar-refractivity contribution is 0.0911. The van der Waals surface area contributed by atoms with E-state index in [4.69, 9.17) is 9.47 Å². The number of fused-ring (bicyclic) bond motifs is 3. The van der Waals surface area contributed by atoms with Gasteiger partial charge in [-0.1, -0.05) is 19.9 Å². The van der Waals surface area contributed by atoms with Crippen LogP contribution in [0.1, 0.15) is 36.3 Å². The second-order valence-electron chi connectivity index (χ2n) is 8.72. The normalized spacial score (nSPS) is 16.7. The number of aromatic nitrogens is 3. The summed E-state index contributed by atoms with van der Waals surface area (Å²) in [5.74, 6) is 1.11. The summed E-state index contributed by atoms with van der Waals surface area (Å²) in [5.41, 5.74) is 1.31. The predicted molar refractivity (Wildman–Crippen MR) is 110 cm³/mol. The number of hydrogen-bond donors (Lipinski definition) is 0. The minimum atomic E-state index is -0.478. The van der Waals surface area contributed by atoms with Gasteiger partial charge in [-0.25, -0.2) is 9.78 Å². The van der Waals surface area contributed by atoms with E-state index in [1.807, 2.05) is 13.8 Å². The summed E-state index contributed by atoms with van der Waals surface area (Å²) in [6.07, 6.45) is 0.932. The molecule has 0 bridgehead atoms. The second kappa shape index (κ2) is 6.04. The van der Waals surface area contributed by atoms with E-state index >= 15 is 0 Å². The molecule has 3 heterocycles. The van der Waals surface area contributed by atoms with Gasteiger partial charge in [0.25, 0.3) is 5.56 Å². The topological polar surface area (TPSA) is 92.4 Å². The first-order valence-corrected chi connectivity index (χ1v) is 9.74. The van der Waals surface area contributed by atoms with Crippen LogP contribution in [0.3, 0.4) is 0 Å². The molecule has 1 aliphatic carbocycles. The highest BCUT2D eigenvalue weighted by Gasteiger charge is 2.36. The number of carbonyl (C=O) groups excluding carboxylic acids is 1. The summed E-state index contributed by atoms with van der Waals surface area (Å²) in [5, 5.41) is 0.255. The first kappa shape index (κ1) is 18.6. The van der Waals surface area contributed by atoms with Gasteiger partial charge < -0.3 is 9.47 Å². The van der Waals surface area contributed by atoms with E-state index in [1.54, 1.807) is 25.2 Å². The van der Waals surface area contributed by atoms with Crippen LogP contribution >= 0.6 is 0 Å². The molecule has 0 saturated heterocycles. The standard InChI is InChI=1S/C22H21N3O5/c1-22(2)8-12-17(13(26)9-22)16(11-5-6-14-15(7-11)30-10-29-14)18-19(23-12)24(3)21(28)25(4)20(18)27/h5-7H,8-10H2,1-4H3. The summed E-state index contributed by atoms with van der Waals surface area (Å²) in [7, 11) is 3.01. The van der Waals surface area contributed by atoms with Gasteiger partial charge in [0, 0.05) is 31.6 Å². The van der Waals surface area contributed by atoms with Crippen LogP contribution in [0.4, 0.5) is 0 Å². The van der Waals surface area contributed by atoms with Crippen LogP contribution in [0.2, 0.25) is 0 Å². The number of hydrogen-bond acceptors (Lipinski definition) is 6. The van der Waals surface area contributed by atoms with Crippen molar-refractivity contribution in [2.45, 2.75) is 26.7 Å². The van der Waals surface area contributed by atoms with Gasteiger partial charge in [-0.2, -0.15) is 0 Å². The molecule has 0 radical (unpaired) electrons. The van der Waals surface area contributed by atoms with Gasteiger partial charge >= 0.3 is 5.69 Å². The van der Waals surface area contributed by atoms with E-state index in [0.29, 0.717) is 46.7 Å². The van der Waals surface area contributed by atoms with Crippen molar-refractivity contribution in [2.24, 2.45) is 19.5 Å². The van der Waals surface area contributed by atoms with Crippen molar-refractivity contribution in [1.29, 1.82) is 0 Å². The molecule has 154 valence electrons. The number of Topliss-reactive ketones (excluding diaryl/α,β-unsaturated/α-hetero) is 1. The van der Waals surface area contributed by atoms with Crippen LogP contribution in [-0.2, 0) is 20.5 Å². The lowest BCUT2D eigenvalue weighted by Crippen LogP contribution is -2.38. The third-order valence-electron chi connectivity index (χ3n) is 5.89. The van der Waals surface area contributed by atoms with E-state index < -0.39 is 11.2 Å². The fraction of sp³-hybridized carbons (Fsp3) is 0.364. The van der Waals surface area contributed by atoms with E-state index in [0.717, 1.165) is 4.57 Å². The Hall–Kier alpha value is -3.42. The molecule has 8 heteroatoms. The number of nitrogens with zero attached hydrogens (tertiary/aromatic N) is 3. The summed E-state index contributed by atoms with van der Waals surface area (Å²) in [4.78, 5) is 43.6. The zero-order valence-corrected chi connectivity index (χ0v) is 17.2. The van der Waals surface area contributed by atoms with Gasteiger partial charge in [-0.3, -0.25) is 18.7 Å². The molecular weight excluding hydrogens is 386 g/mol. The Morgan fingerprint density at radius 3 is 2.47 bits per heavy atom. The van der Waals surface area contributed by atoms with Crippen molar-refractivity contribution in [3.05, 3.63) is 50.3 Å². The fourth-order valence-electron chi connectivity index (χ4n) is 4.44. The Morgan fingerprint density at radius 1 is 0.967 bits per heavy atom. The Labute approximate surface area is 171 Å². The van der Waals surface area contributed by atoms with Crippen molar-refractivity contribution in [1.82, 2.24) is 14.1 Å². The molecule has 0 fully saturated rings. The Balaban J connectivity index is 1.97. The maximum Gasteiger partial charge on any atom is 0.332 e. The first-order chi connectivity index (χ1) is 14.2. The second-order valence-corrected chi connectivity index (χ2v) is 8.72. The highest BCUT2D eigenvalue weighted by atomic mass is 16.7. The minimum Gasteiger partial charge on any atom is -0.454 e. The van der Waals surface area contributed by atoms with Crippen molar-refractivity contribution in [2.75, 3.05) is 6.79 Å². The van der Waals surface area contributed by atoms with Gasteiger partial charge in [0.15, 0.2) is 17.3 Å². The van der Waals surface area contributed by atoms with E-state index in [9.17, 15) is 14.4 Å². The number of rotatable bonds is 1. The van der Waals surface area contributed by atoms with Crippen LogP contribution in [0.25, 0.3) is 22.2 Å². The molecule has 0 N–H and O–H groups in total. The number of benzene rings is 1. The lowest BCUT2D eigenvalue weighted by atomic mass is 9.73. The van der Waals surface area contributed by atoms with Crippen LogP contribution in [-0.4, -0.2) is 26.7 Å². The van der Waals surface area contributed by atoms with Crippen LogP contribution in [0.15, 0.2) is 27.8 Å². The minimum absolute atomic E-state index is 0.0563. The first-order valence-electron chi connectivity index (χ1n) is 9.74. The monoisotopic (exact) mass is 407 g/mol. The third-order valence-corrected chi connectivity index (χ3v) is 5.89. The summed E-state index contributed by atoms with van der Waals surface area (Å²) >= 11 is 0.